The average Bonchev–Trinajstić information content (AvgIpc) is 3.70. The van der Waals surface area contributed by atoms with Gasteiger partial charge in [0, 0.05) is 76.8 Å². The first-order chi connectivity index (χ1) is 22.3. The minimum absolute atomic E-state index is 0. The fourth-order valence-electron chi connectivity index (χ4n) is 7.26. The zero-order valence-corrected chi connectivity index (χ0v) is 30.5. The summed E-state index contributed by atoms with van der Waals surface area (Å²) in [6, 6.07) is 19.0. The maximum atomic E-state index is 12.5. The fraction of sp³-hybridized carbons (Fsp3) is 0.474. The van der Waals surface area contributed by atoms with E-state index in [1.54, 1.807) is 0 Å². The van der Waals surface area contributed by atoms with Crippen LogP contribution >= 0.6 is 0 Å². The van der Waals surface area contributed by atoms with Gasteiger partial charge in [-0.15, -0.1) is 0 Å². The molecule has 4 aliphatic rings. The Hall–Kier alpha value is -3.02. The topological polar surface area (TPSA) is 178 Å². The van der Waals surface area contributed by atoms with Gasteiger partial charge in [-0.1, -0.05) is 72.8 Å². The summed E-state index contributed by atoms with van der Waals surface area (Å²) in [6.45, 7) is 2.92. The van der Waals surface area contributed by atoms with Crippen molar-refractivity contribution < 1.29 is 40.3 Å². The van der Waals surface area contributed by atoms with Crippen molar-refractivity contribution in [2.24, 2.45) is 23.7 Å². The van der Waals surface area contributed by atoms with Crippen molar-refractivity contribution in [1.82, 2.24) is 9.80 Å². The molecule has 4 atom stereocenters. The van der Waals surface area contributed by atoms with E-state index >= 15 is 0 Å². The number of carboxylic acids is 2. The largest absolute Gasteiger partial charge is 0.481 e. The number of amides is 2. The summed E-state index contributed by atoms with van der Waals surface area (Å²) in [4.78, 5) is 51.8. The third-order valence-corrected chi connectivity index (χ3v) is 9.90. The standard InChI is InChI=1S/2C19H23NO3.Ca.2H2O/c2*21-18(20-12-15-8-4-5-9-16(15)13-20)11-17(19(22)23)10-14-6-2-1-3-7-14;;;/h2*1-3,6-8,16-17H,4-5,9-13H2,(H,22,23);;2*1H2/t2*16?,17-;;;/m00.../s1. The van der Waals surface area contributed by atoms with Crippen molar-refractivity contribution in [1.29, 1.82) is 0 Å². The zero-order valence-electron chi connectivity index (χ0n) is 28.3. The zero-order chi connectivity index (χ0) is 32.5. The molecule has 6 rings (SSSR count). The van der Waals surface area contributed by atoms with E-state index in [1.165, 1.54) is 24.0 Å². The number of fused-ring (bicyclic) bond motifs is 2. The number of hydrogen-bond donors (Lipinski definition) is 2. The van der Waals surface area contributed by atoms with Crippen LogP contribution in [0.3, 0.4) is 0 Å². The van der Waals surface area contributed by atoms with E-state index in [1.807, 2.05) is 70.5 Å². The normalized spacial score (nSPS) is 20.2. The molecule has 0 bridgehead atoms. The molecule has 2 aromatic carbocycles. The molecule has 11 heteroatoms. The number of benzene rings is 2. The van der Waals surface area contributed by atoms with E-state index in [2.05, 4.69) is 12.2 Å². The number of rotatable bonds is 10. The molecule has 2 heterocycles. The summed E-state index contributed by atoms with van der Waals surface area (Å²) in [5.41, 5.74) is 4.68. The maximum Gasteiger partial charge on any atom is 0.307 e. The molecule has 6 N–H and O–H groups in total. The minimum Gasteiger partial charge on any atom is -0.481 e. The number of nitrogens with zero attached hydrogens (tertiary/aromatic N) is 2. The average molecular weight is 703 g/mol. The van der Waals surface area contributed by atoms with Gasteiger partial charge in [-0.05, 0) is 85.5 Å². The summed E-state index contributed by atoms with van der Waals surface area (Å²) >= 11 is 0. The predicted octanol–water partition coefficient (Wildman–Crippen LogP) is 3.75. The molecule has 2 unspecified atom stereocenters. The van der Waals surface area contributed by atoms with Crippen LogP contribution < -0.4 is 0 Å². The molecule has 2 fully saturated rings. The van der Waals surface area contributed by atoms with Crippen LogP contribution in [0.15, 0.2) is 84.0 Å². The van der Waals surface area contributed by atoms with E-state index in [9.17, 15) is 29.4 Å². The van der Waals surface area contributed by atoms with Crippen molar-refractivity contribution in [3.63, 3.8) is 0 Å². The van der Waals surface area contributed by atoms with Crippen molar-refractivity contribution in [3.8, 4) is 0 Å². The first-order valence-corrected chi connectivity index (χ1v) is 16.7. The van der Waals surface area contributed by atoms with Crippen LogP contribution in [-0.4, -0.2) is 119 Å². The van der Waals surface area contributed by atoms with Crippen LogP contribution in [0.4, 0.5) is 0 Å². The van der Waals surface area contributed by atoms with E-state index in [-0.39, 0.29) is 73.3 Å². The third kappa shape index (κ3) is 12.1. The van der Waals surface area contributed by atoms with Gasteiger partial charge in [0.1, 0.15) is 0 Å². The van der Waals surface area contributed by atoms with Crippen LogP contribution in [0.5, 0.6) is 0 Å². The molecule has 2 radical (unpaired) electrons. The Bertz CT molecular complexity index is 1340. The van der Waals surface area contributed by atoms with Gasteiger partial charge in [0.25, 0.3) is 0 Å². The number of carbonyl (C=O) groups is 4. The van der Waals surface area contributed by atoms with Crippen LogP contribution in [0, 0.1) is 23.7 Å². The van der Waals surface area contributed by atoms with Crippen LogP contribution in [0.1, 0.15) is 62.5 Å². The Labute approximate surface area is 318 Å². The van der Waals surface area contributed by atoms with E-state index < -0.39 is 23.8 Å². The predicted molar refractivity (Wildman–Crippen MR) is 189 cm³/mol. The van der Waals surface area contributed by atoms with Crippen LogP contribution in [-0.2, 0) is 32.0 Å². The molecular weight excluding hydrogens is 653 g/mol. The maximum absolute atomic E-state index is 12.5. The van der Waals surface area contributed by atoms with Gasteiger partial charge in [0.2, 0.25) is 11.8 Å². The second-order valence-electron chi connectivity index (χ2n) is 13.2. The molecule has 2 aromatic rings. The molecule has 0 saturated carbocycles. The third-order valence-electron chi connectivity index (χ3n) is 9.90. The number of likely N-dealkylation sites (tertiary alicyclic amines) is 2. The van der Waals surface area contributed by atoms with Gasteiger partial charge in [0.05, 0.1) is 11.8 Å². The van der Waals surface area contributed by atoms with Gasteiger partial charge in [-0.2, -0.15) is 0 Å². The van der Waals surface area contributed by atoms with Gasteiger partial charge in [0.15, 0.2) is 0 Å². The Kier molecular flexibility index (Phi) is 17.7. The molecular formula is C38H50CaN2O8. The number of aliphatic carboxylic acids is 2. The Morgan fingerprint density at radius 2 is 1.00 bits per heavy atom. The molecule has 2 saturated heterocycles. The first-order valence-electron chi connectivity index (χ1n) is 16.7. The van der Waals surface area contributed by atoms with Crippen molar-refractivity contribution >= 4 is 61.5 Å². The van der Waals surface area contributed by atoms with Crippen LogP contribution in [0.2, 0.25) is 0 Å². The summed E-state index contributed by atoms with van der Waals surface area (Å²) in [7, 11) is 0. The first kappa shape index (κ1) is 42.1. The molecule has 0 spiro atoms. The molecule has 2 aliphatic heterocycles. The van der Waals surface area contributed by atoms with Gasteiger partial charge < -0.3 is 31.0 Å². The summed E-state index contributed by atoms with van der Waals surface area (Å²) in [6.07, 6.45) is 12.4. The monoisotopic (exact) mass is 702 g/mol. The molecule has 0 aromatic heterocycles. The van der Waals surface area contributed by atoms with Gasteiger partial charge in [-0.25, -0.2) is 0 Å². The van der Waals surface area contributed by atoms with Crippen molar-refractivity contribution in [2.75, 3.05) is 26.2 Å². The van der Waals surface area contributed by atoms with Crippen LogP contribution in [0.25, 0.3) is 0 Å². The Morgan fingerprint density at radius 1 is 0.633 bits per heavy atom. The Morgan fingerprint density at radius 3 is 1.33 bits per heavy atom. The Balaban J connectivity index is 0.000000321. The second-order valence-corrected chi connectivity index (χ2v) is 13.2. The van der Waals surface area contributed by atoms with Gasteiger partial charge in [-0.3, -0.25) is 19.2 Å². The van der Waals surface area contributed by atoms with Crippen molar-refractivity contribution in [2.45, 2.75) is 64.2 Å². The molecule has 2 aliphatic carbocycles. The summed E-state index contributed by atoms with van der Waals surface area (Å²) in [5, 5.41) is 18.9. The van der Waals surface area contributed by atoms with E-state index in [0.717, 1.165) is 49.9 Å². The SMILES string of the molecule is O.O.O=C(O)[C@H](CC(=O)N1CC2=CCCCC2C1)Cc1ccccc1.O=C(O)[C@H](CC(=O)N1CC2=CCCCC2C1)Cc1ccccc1.[Ca]. The quantitative estimate of drug-likeness (QED) is 0.281. The molecule has 262 valence electrons. The van der Waals surface area contributed by atoms with E-state index in [4.69, 9.17) is 0 Å². The summed E-state index contributed by atoms with van der Waals surface area (Å²) < 4.78 is 0. The molecule has 49 heavy (non-hydrogen) atoms. The number of allylic oxidation sites excluding steroid dienone is 2. The smallest absolute Gasteiger partial charge is 0.307 e. The van der Waals surface area contributed by atoms with Gasteiger partial charge >= 0.3 is 11.9 Å². The molecule has 10 nitrogen and oxygen atoms in total. The van der Waals surface area contributed by atoms with Crippen molar-refractivity contribution in [3.05, 3.63) is 95.1 Å². The number of carbonyl (C=O) groups excluding carboxylic acids is 2. The minimum atomic E-state index is -0.891. The molecule has 2 amide bonds. The number of hydrogen-bond acceptors (Lipinski definition) is 4. The van der Waals surface area contributed by atoms with E-state index in [0.29, 0.717) is 37.8 Å². The number of carboxylic acid groups (broad SMARTS) is 2. The summed E-state index contributed by atoms with van der Waals surface area (Å²) in [5.74, 6) is -2.12. The second kappa shape index (κ2) is 20.6. The fourth-order valence-corrected chi connectivity index (χ4v) is 7.26.